The lowest BCUT2D eigenvalue weighted by Crippen LogP contribution is -2.23. The van der Waals surface area contributed by atoms with Crippen molar-refractivity contribution in [3.63, 3.8) is 0 Å². The lowest BCUT2D eigenvalue weighted by Gasteiger charge is -2.24. The van der Waals surface area contributed by atoms with Gasteiger partial charge in [-0.1, -0.05) is 32.6 Å². The number of nitrogens with one attached hydrogen (secondary N) is 1. The van der Waals surface area contributed by atoms with Crippen molar-refractivity contribution in [3.05, 3.63) is 28.0 Å². The maximum atomic E-state index is 13.7. The predicted octanol–water partition coefficient (Wildman–Crippen LogP) is 4.83. The van der Waals surface area contributed by atoms with E-state index < -0.39 is 0 Å². The summed E-state index contributed by atoms with van der Waals surface area (Å²) in [6.07, 6.45) is 6.41. The number of ether oxygens (including phenoxy) is 1. The van der Waals surface area contributed by atoms with Crippen LogP contribution in [0.15, 0.2) is 16.6 Å². The summed E-state index contributed by atoms with van der Waals surface area (Å²) in [5.41, 5.74) is 1.05. The van der Waals surface area contributed by atoms with Gasteiger partial charge in [-0.25, -0.2) is 4.39 Å². The quantitative estimate of drug-likeness (QED) is 0.798. The average molecular weight is 344 g/mol. The fourth-order valence-corrected chi connectivity index (χ4v) is 3.50. The van der Waals surface area contributed by atoms with Crippen LogP contribution in [0, 0.1) is 11.7 Å². The van der Waals surface area contributed by atoms with E-state index in [9.17, 15) is 4.39 Å². The van der Waals surface area contributed by atoms with Gasteiger partial charge in [0.25, 0.3) is 0 Å². The molecule has 1 aromatic carbocycles. The first-order valence-electron chi connectivity index (χ1n) is 7.42. The number of hydrogen-bond donors (Lipinski definition) is 1. The van der Waals surface area contributed by atoms with Gasteiger partial charge in [-0.05, 0) is 40.9 Å². The van der Waals surface area contributed by atoms with E-state index in [1.54, 1.807) is 7.11 Å². The molecule has 0 radical (unpaired) electrons. The van der Waals surface area contributed by atoms with Gasteiger partial charge in [0, 0.05) is 17.7 Å². The van der Waals surface area contributed by atoms with Crippen molar-refractivity contribution in [2.45, 2.75) is 45.1 Å². The summed E-state index contributed by atoms with van der Waals surface area (Å²) in [5.74, 6) is 1.13. The Balaban J connectivity index is 2.24. The molecule has 1 N–H and O–H groups in total. The Labute approximate surface area is 129 Å². The third kappa shape index (κ3) is 3.73. The Morgan fingerprint density at radius 3 is 2.70 bits per heavy atom. The highest BCUT2D eigenvalue weighted by atomic mass is 79.9. The van der Waals surface area contributed by atoms with E-state index in [1.807, 2.05) is 6.07 Å². The van der Waals surface area contributed by atoms with Gasteiger partial charge in [-0.15, -0.1) is 0 Å². The van der Waals surface area contributed by atoms with Gasteiger partial charge in [0.15, 0.2) is 0 Å². The number of halogens is 2. The number of hydrogen-bond acceptors (Lipinski definition) is 2. The van der Waals surface area contributed by atoms with Crippen molar-refractivity contribution in [2.24, 2.45) is 5.92 Å². The first kappa shape index (κ1) is 15.8. The van der Waals surface area contributed by atoms with E-state index in [0.29, 0.717) is 10.2 Å². The lowest BCUT2D eigenvalue weighted by molar-refractivity contribution is 0.368. The largest absolute Gasteiger partial charge is 0.496 e. The molecule has 0 aliphatic heterocycles. The summed E-state index contributed by atoms with van der Waals surface area (Å²) in [6, 6.07) is 3.56. The van der Waals surface area contributed by atoms with E-state index in [-0.39, 0.29) is 11.9 Å². The highest BCUT2D eigenvalue weighted by molar-refractivity contribution is 9.10. The number of methoxy groups -OCH3 is 1. The Morgan fingerprint density at radius 2 is 2.10 bits per heavy atom. The summed E-state index contributed by atoms with van der Waals surface area (Å²) < 4.78 is 19.5. The molecule has 1 aliphatic carbocycles. The zero-order valence-corrected chi connectivity index (χ0v) is 13.8. The van der Waals surface area contributed by atoms with Gasteiger partial charge in [0.1, 0.15) is 11.6 Å². The molecule has 0 saturated heterocycles. The second kappa shape index (κ2) is 7.41. The molecule has 1 aromatic rings. The van der Waals surface area contributed by atoms with Crippen LogP contribution in [0.5, 0.6) is 5.75 Å². The van der Waals surface area contributed by atoms with Crippen LogP contribution >= 0.6 is 15.9 Å². The van der Waals surface area contributed by atoms with Crippen molar-refractivity contribution in [2.75, 3.05) is 13.7 Å². The molecule has 1 atom stereocenters. The molecule has 1 saturated carbocycles. The van der Waals surface area contributed by atoms with Gasteiger partial charge in [-0.3, -0.25) is 0 Å². The fraction of sp³-hybridized carbons (Fsp3) is 0.625. The van der Waals surface area contributed by atoms with Gasteiger partial charge in [-0.2, -0.15) is 0 Å². The van der Waals surface area contributed by atoms with Crippen molar-refractivity contribution >= 4 is 15.9 Å². The van der Waals surface area contributed by atoms with Crippen molar-refractivity contribution in [1.29, 1.82) is 0 Å². The summed E-state index contributed by atoms with van der Waals surface area (Å²) in [7, 11) is 1.60. The second-order valence-electron chi connectivity index (χ2n) is 5.50. The topological polar surface area (TPSA) is 21.3 Å². The molecule has 0 heterocycles. The molecule has 112 valence electrons. The molecule has 1 aliphatic rings. The SMILES string of the molecule is CCNC(CC1CCCC1)c1cc(Br)c(F)cc1OC. The minimum absolute atomic E-state index is 0.231. The van der Waals surface area contributed by atoms with Crippen LogP contribution in [0.25, 0.3) is 0 Å². The van der Waals surface area contributed by atoms with Crippen LogP contribution in [0.3, 0.4) is 0 Å². The van der Waals surface area contributed by atoms with Gasteiger partial charge in [0.2, 0.25) is 0 Å². The zero-order chi connectivity index (χ0) is 14.5. The van der Waals surface area contributed by atoms with Crippen LogP contribution in [-0.4, -0.2) is 13.7 Å². The maximum absolute atomic E-state index is 13.7. The molecular formula is C16H23BrFNO. The molecule has 1 fully saturated rings. The minimum Gasteiger partial charge on any atom is -0.496 e. The lowest BCUT2D eigenvalue weighted by atomic mass is 9.93. The second-order valence-corrected chi connectivity index (χ2v) is 6.36. The normalized spacial score (nSPS) is 17.4. The summed E-state index contributed by atoms with van der Waals surface area (Å²) in [5, 5.41) is 3.52. The van der Waals surface area contributed by atoms with Crippen LogP contribution < -0.4 is 10.1 Å². The highest BCUT2D eigenvalue weighted by Crippen LogP contribution is 2.37. The van der Waals surface area contributed by atoms with E-state index in [4.69, 9.17) is 4.74 Å². The molecule has 2 nitrogen and oxygen atoms in total. The highest BCUT2D eigenvalue weighted by Gasteiger charge is 2.24. The summed E-state index contributed by atoms with van der Waals surface area (Å²) in [6.45, 7) is 3.00. The number of rotatable bonds is 6. The predicted molar refractivity (Wildman–Crippen MR) is 83.6 cm³/mol. The zero-order valence-electron chi connectivity index (χ0n) is 12.2. The van der Waals surface area contributed by atoms with Gasteiger partial charge < -0.3 is 10.1 Å². The average Bonchev–Trinajstić information content (AvgIpc) is 2.94. The van der Waals surface area contributed by atoms with Crippen molar-refractivity contribution in [1.82, 2.24) is 5.32 Å². The van der Waals surface area contributed by atoms with Gasteiger partial charge in [0.05, 0.1) is 11.6 Å². The molecule has 0 bridgehead atoms. The first-order chi connectivity index (χ1) is 9.65. The third-order valence-corrected chi connectivity index (χ3v) is 4.75. The molecule has 1 unspecified atom stereocenters. The Hall–Kier alpha value is -0.610. The van der Waals surface area contributed by atoms with E-state index >= 15 is 0 Å². The van der Waals surface area contributed by atoms with Gasteiger partial charge >= 0.3 is 0 Å². The van der Waals surface area contributed by atoms with Crippen LogP contribution in [-0.2, 0) is 0 Å². The number of benzene rings is 1. The van der Waals surface area contributed by atoms with Crippen LogP contribution in [0.4, 0.5) is 4.39 Å². The van der Waals surface area contributed by atoms with Crippen LogP contribution in [0.1, 0.15) is 50.6 Å². The molecule has 0 amide bonds. The minimum atomic E-state index is -0.276. The fourth-order valence-electron chi connectivity index (χ4n) is 3.14. The first-order valence-corrected chi connectivity index (χ1v) is 8.21. The molecular weight excluding hydrogens is 321 g/mol. The molecule has 2 rings (SSSR count). The maximum Gasteiger partial charge on any atom is 0.141 e. The van der Waals surface area contributed by atoms with Crippen molar-refractivity contribution in [3.8, 4) is 5.75 Å². The third-order valence-electron chi connectivity index (χ3n) is 4.14. The van der Waals surface area contributed by atoms with E-state index in [0.717, 1.165) is 24.4 Å². The van der Waals surface area contributed by atoms with Crippen LogP contribution in [0.2, 0.25) is 0 Å². The summed E-state index contributed by atoms with van der Waals surface area (Å²) in [4.78, 5) is 0. The van der Waals surface area contributed by atoms with Crippen molar-refractivity contribution < 1.29 is 9.13 Å². The molecule has 0 spiro atoms. The monoisotopic (exact) mass is 343 g/mol. The molecule has 20 heavy (non-hydrogen) atoms. The van der Waals surface area contributed by atoms with E-state index in [1.165, 1.54) is 31.7 Å². The van der Waals surface area contributed by atoms with E-state index in [2.05, 4.69) is 28.2 Å². The Bertz CT molecular complexity index is 446. The Morgan fingerprint density at radius 1 is 1.40 bits per heavy atom. The smallest absolute Gasteiger partial charge is 0.141 e. The summed E-state index contributed by atoms with van der Waals surface area (Å²) >= 11 is 3.28. The standard InChI is InChI=1S/C16H23BrFNO/c1-3-19-15(8-11-6-4-5-7-11)12-9-13(17)14(18)10-16(12)20-2/h9-11,15,19H,3-8H2,1-2H3. The molecule has 4 heteroatoms. The Kier molecular flexibility index (Phi) is 5.85. The molecule has 0 aromatic heterocycles.